The molecule has 2 saturated heterocycles. The van der Waals surface area contributed by atoms with Crippen molar-refractivity contribution in [1.82, 2.24) is 8.85 Å². The van der Waals surface area contributed by atoms with Crippen molar-refractivity contribution in [3.05, 3.63) is 0 Å². The lowest BCUT2D eigenvalue weighted by Gasteiger charge is -2.48. The van der Waals surface area contributed by atoms with Crippen molar-refractivity contribution in [2.75, 3.05) is 0 Å². The number of imide groups is 1. The number of hydrogen-bond donors (Lipinski definition) is 2. The van der Waals surface area contributed by atoms with Crippen LogP contribution in [0.25, 0.3) is 0 Å². The monoisotopic (exact) mass is 266 g/mol. The van der Waals surface area contributed by atoms with Crippen molar-refractivity contribution in [1.29, 1.82) is 0 Å². The molecule has 1 saturated carbocycles. The summed E-state index contributed by atoms with van der Waals surface area (Å²) in [6, 6.07) is 0. The molecule has 2 amide bonds. The maximum absolute atomic E-state index is 11.2. The number of amides is 2. The second kappa shape index (κ2) is 2.16. The van der Waals surface area contributed by atoms with E-state index >= 15 is 0 Å². The first-order chi connectivity index (χ1) is 5.18. The quantitative estimate of drug-likeness (QED) is 0.390. The molecule has 2 aliphatic heterocycles. The maximum Gasteiger partial charge on any atom is 0.247 e. The minimum absolute atomic E-state index is 0.0648. The fraction of sp³-hybridized carbons (Fsp3) is 0.667. The van der Waals surface area contributed by atoms with Gasteiger partial charge in [0.1, 0.15) is 5.54 Å². The Hall–Kier alpha value is -0.170. The zero-order chi connectivity index (χ0) is 8.06. The summed E-state index contributed by atoms with van der Waals surface area (Å²) >= 11 is 1.96. The Morgan fingerprint density at radius 2 is 2.18 bits per heavy atom. The summed E-state index contributed by atoms with van der Waals surface area (Å²) in [4.78, 5) is 22.1. The molecule has 2 bridgehead atoms. The third-order valence-corrected chi connectivity index (χ3v) is 3.45. The topological polar surface area (TPSA) is 58.2 Å². The van der Waals surface area contributed by atoms with E-state index in [0.29, 0.717) is 12.8 Å². The van der Waals surface area contributed by atoms with Gasteiger partial charge in [0.25, 0.3) is 0 Å². The third kappa shape index (κ3) is 0.837. The van der Waals surface area contributed by atoms with Crippen LogP contribution >= 0.6 is 22.9 Å². The lowest BCUT2D eigenvalue weighted by atomic mass is 9.65. The molecule has 11 heavy (non-hydrogen) atoms. The number of piperidine rings is 2. The molecule has 0 radical (unpaired) electrons. The van der Waals surface area contributed by atoms with Gasteiger partial charge in [-0.1, -0.05) is 0 Å². The van der Waals surface area contributed by atoms with E-state index in [4.69, 9.17) is 0 Å². The van der Waals surface area contributed by atoms with Gasteiger partial charge >= 0.3 is 0 Å². The van der Waals surface area contributed by atoms with E-state index in [0.717, 1.165) is 0 Å². The maximum atomic E-state index is 11.2. The van der Waals surface area contributed by atoms with Crippen LogP contribution in [0.2, 0.25) is 0 Å². The van der Waals surface area contributed by atoms with E-state index < -0.39 is 5.54 Å². The Morgan fingerprint density at radius 1 is 1.55 bits per heavy atom. The highest BCUT2D eigenvalue weighted by Gasteiger charge is 2.57. The van der Waals surface area contributed by atoms with Crippen LogP contribution in [-0.4, -0.2) is 17.4 Å². The van der Waals surface area contributed by atoms with Crippen molar-refractivity contribution < 1.29 is 9.59 Å². The molecule has 0 aromatic rings. The molecule has 0 aromatic heterocycles. The predicted molar refractivity (Wildman–Crippen MR) is 45.8 cm³/mol. The molecule has 4 nitrogen and oxygen atoms in total. The molecule has 3 aliphatic rings. The molecule has 0 atom stereocenters. The molecule has 3 fully saturated rings. The van der Waals surface area contributed by atoms with Gasteiger partial charge in [-0.05, 0) is 12.8 Å². The van der Waals surface area contributed by atoms with Crippen LogP contribution in [0.5, 0.6) is 0 Å². The normalized spacial score (nSPS) is 41.4. The largest absolute Gasteiger partial charge is 0.295 e. The lowest BCUT2D eigenvalue weighted by molar-refractivity contribution is -0.150. The molecule has 3 rings (SSSR count). The second-order valence-electron chi connectivity index (χ2n) is 3.10. The Balaban J connectivity index is 2.23. The van der Waals surface area contributed by atoms with Crippen LogP contribution in [-0.2, 0) is 9.59 Å². The smallest absolute Gasteiger partial charge is 0.247 e. The van der Waals surface area contributed by atoms with Crippen LogP contribution in [0.15, 0.2) is 0 Å². The van der Waals surface area contributed by atoms with E-state index in [-0.39, 0.29) is 17.7 Å². The molecular formula is C6H7IN2O2. The molecule has 0 unspecified atom stereocenters. The third-order valence-electron chi connectivity index (χ3n) is 2.41. The summed E-state index contributed by atoms with van der Waals surface area (Å²) in [5.41, 5.74) is -0.431. The second-order valence-corrected chi connectivity index (χ2v) is 3.64. The number of rotatable bonds is 1. The highest BCUT2D eigenvalue weighted by Crippen LogP contribution is 2.42. The number of halogens is 1. The number of carbonyl (C=O) groups is 2. The fourth-order valence-electron chi connectivity index (χ4n) is 1.61. The first-order valence-corrected chi connectivity index (χ1v) is 4.49. The summed E-state index contributed by atoms with van der Waals surface area (Å²) in [6.45, 7) is 0. The van der Waals surface area contributed by atoms with Crippen LogP contribution in [0.3, 0.4) is 0 Å². The number of hydrogen-bond acceptors (Lipinski definition) is 3. The van der Waals surface area contributed by atoms with Crippen molar-refractivity contribution in [2.24, 2.45) is 5.92 Å². The molecule has 0 aromatic carbocycles. The Bertz CT molecular complexity index is 235. The number of carbonyl (C=O) groups excluding carboxylic acids is 2. The molecule has 1 aliphatic carbocycles. The van der Waals surface area contributed by atoms with Crippen LogP contribution in [0.4, 0.5) is 0 Å². The van der Waals surface area contributed by atoms with Gasteiger partial charge in [-0.25, -0.2) is 3.53 Å². The average Bonchev–Trinajstić information content (AvgIpc) is 1.84. The highest BCUT2D eigenvalue weighted by molar-refractivity contribution is 14.1. The van der Waals surface area contributed by atoms with E-state index in [1.54, 1.807) is 0 Å². The van der Waals surface area contributed by atoms with Crippen LogP contribution in [0, 0.1) is 5.92 Å². The van der Waals surface area contributed by atoms with Crippen molar-refractivity contribution in [3.8, 4) is 0 Å². The van der Waals surface area contributed by atoms with Crippen LogP contribution in [0.1, 0.15) is 12.8 Å². The SMILES string of the molecule is O=C1NC(=O)C2(NI)CC1C2. The summed E-state index contributed by atoms with van der Waals surface area (Å²) in [5, 5.41) is 2.33. The van der Waals surface area contributed by atoms with Crippen molar-refractivity contribution in [2.45, 2.75) is 18.4 Å². The highest BCUT2D eigenvalue weighted by atomic mass is 127. The zero-order valence-corrected chi connectivity index (χ0v) is 7.84. The Labute approximate surface area is 77.6 Å². The molecule has 60 valence electrons. The predicted octanol–water partition coefficient (Wildman–Crippen LogP) is -0.269. The zero-order valence-electron chi connectivity index (χ0n) is 5.69. The summed E-state index contributed by atoms with van der Waals surface area (Å²) in [5.74, 6) is -0.210. The van der Waals surface area contributed by atoms with E-state index in [1.807, 2.05) is 22.9 Å². The van der Waals surface area contributed by atoms with Gasteiger partial charge in [0.2, 0.25) is 11.8 Å². The molecule has 0 spiro atoms. The van der Waals surface area contributed by atoms with Gasteiger partial charge in [0.05, 0.1) is 0 Å². The Morgan fingerprint density at radius 3 is 2.64 bits per heavy atom. The van der Waals surface area contributed by atoms with E-state index in [9.17, 15) is 9.59 Å². The molecular weight excluding hydrogens is 259 g/mol. The van der Waals surface area contributed by atoms with Gasteiger partial charge in [-0.3, -0.25) is 14.9 Å². The van der Waals surface area contributed by atoms with Gasteiger partial charge in [-0.15, -0.1) is 0 Å². The minimum Gasteiger partial charge on any atom is -0.295 e. The summed E-state index contributed by atoms with van der Waals surface area (Å²) in [6.07, 6.45) is 1.33. The summed E-state index contributed by atoms with van der Waals surface area (Å²) in [7, 11) is 0. The standard InChI is InChI=1S/C6H7IN2O2/c7-9-6-1-3(2-6)4(10)8-5(6)11/h3,9H,1-2H2,(H,8,10,11). The number of nitrogens with one attached hydrogen (secondary N) is 2. The first-order valence-electron chi connectivity index (χ1n) is 3.41. The van der Waals surface area contributed by atoms with Gasteiger partial charge in [0.15, 0.2) is 0 Å². The van der Waals surface area contributed by atoms with Gasteiger partial charge in [-0.2, -0.15) is 0 Å². The molecule has 5 heteroatoms. The average molecular weight is 266 g/mol. The first kappa shape index (κ1) is 7.48. The summed E-state index contributed by atoms with van der Waals surface area (Å²) < 4.78 is 2.92. The number of fused-ring (bicyclic) bond motifs is 2. The van der Waals surface area contributed by atoms with E-state index in [1.165, 1.54) is 0 Å². The van der Waals surface area contributed by atoms with Gasteiger partial charge in [0, 0.05) is 28.8 Å². The molecule has 2 heterocycles. The van der Waals surface area contributed by atoms with Crippen LogP contribution < -0.4 is 8.85 Å². The van der Waals surface area contributed by atoms with E-state index in [2.05, 4.69) is 8.85 Å². The van der Waals surface area contributed by atoms with Crippen molar-refractivity contribution >= 4 is 34.7 Å². The van der Waals surface area contributed by atoms with Crippen molar-refractivity contribution in [3.63, 3.8) is 0 Å². The minimum atomic E-state index is -0.431. The molecule has 2 N–H and O–H groups in total. The Kier molecular flexibility index (Phi) is 1.47. The fourth-order valence-corrected chi connectivity index (χ4v) is 2.29. The van der Waals surface area contributed by atoms with Gasteiger partial charge < -0.3 is 0 Å². The lowest BCUT2D eigenvalue weighted by Crippen LogP contribution is -2.70.